The molecular formula is C8H16O2P+. The van der Waals surface area contributed by atoms with Crippen LogP contribution in [0.1, 0.15) is 39.0 Å². The van der Waals surface area contributed by atoms with E-state index in [-0.39, 0.29) is 0 Å². The molecule has 0 heterocycles. The van der Waals surface area contributed by atoms with Crippen LogP contribution in [0.5, 0.6) is 0 Å². The predicted octanol–water partition coefficient (Wildman–Crippen LogP) is 3.21. The Morgan fingerprint density at radius 1 is 1.36 bits per heavy atom. The number of unbranched alkanes of at least 4 members (excludes halogenated alkanes) is 4. The maximum absolute atomic E-state index is 10.1. The van der Waals surface area contributed by atoms with E-state index >= 15 is 0 Å². The van der Waals surface area contributed by atoms with Gasteiger partial charge in [-0.05, 0) is 23.5 Å². The minimum Gasteiger partial charge on any atom is -0.157 e. The van der Waals surface area contributed by atoms with Crippen molar-refractivity contribution >= 4 is 8.03 Å². The van der Waals surface area contributed by atoms with Gasteiger partial charge in [0.05, 0.1) is 0 Å². The maximum atomic E-state index is 10.1. The zero-order valence-corrected chi connectivity index (χ0v) is 7.89. The molecule has 1 unspecified atom stereocenters. The molecule has 64 valence electrons. The molecule has 0 radical (unpaired) electrons. The highest BCUT2D eigenvalue weighted by molar-refractivity contribution is 7.41. The molecule has 0 aromatic rings. The number of hydrogen-bond donors (Lipinski definition) is 1. The summed E-state index contributed by atoms with van der Waals surface area (Å²) in [5.41, 5.74) is 0. The molecule has 1 atom stereocenters. The van der Waals surface area contributed by atoms with Crippen LogP contribution in [-0.4, -0.2) is 4.89 Å². The Labute approximate surface area is 69.2 Å². The zero-order valence-electron chi connectivity index (χ0n) is 6.99. The lowest BCUT2D eigenvalue weighted by molar-refractivity contribution is 0.512. The molecule has 0 aromatic carbocycles. The minimum atomic E-state index is -2.06. The normalized spacial score (nSPS) is 12.4. The monoisotopic (exact) mass is 175 g/mol. The van der Waals surface area contributed by atoms with Gasteiger partial charge in [0.1, 0.15) is 0 Å². The number of rotatable bonds is 6. The topological polar surface area (TPSA) is 37.3 Å². The Bertz CT molecular complexity index is 132. The zero-order chi connectivity index (χ0) is 8.53. The van der Waals surface area contributed by atoms with Gasteiger partial charge in [-0.2, -0.15) is 4.89 Å². The molecule has 0 saturated carbocycles. The van der Waals surface area contributed by atoms with Crippen molar-refractivity contribution in [3.05, 3.63) is 11.9 Å². The van der Waals surface area contributed by atoms with Crippen LogP contribution in [0.2, 0.25) is 0 Å². The van der Waals surface area contributed by atoms with Gasteiger partial charge in [0.15, 0.2) is 5.82 Å². The molecule has 0 fully saturated rings. The maximum Gasteiger partial charge on any atom is 0.537 e. The van der Waals surface area contributed by atoms with Crippen LogP contribution in [0, 0.1) is 0 Å². The summed E-state index contributed by atoms with van der Waals surface area (Å²) in [6, 6.07) is 0. The van der Waals surface area contributed by atoms with E-state index in [1.807, 2.05) is 0 Å². The van der Waals surface area contributed by atoms with Gasteiger partial charge in [-0.3, -0.25) is 0 Å². The molecule has 0 bridgehead atoms. The molecule has 0 saturated heterocycles. The summed E-state index contributed by atoms with van der Waals surface area (Å²) in [5.74, 6) is 1.36. The average molecular weight is 175 g/mol. The molecule has 0 spiro atoms. The predicted molar refractivity (Wildman–Crippen MR) is 47.7 cm³/mol. The fourth-order valence-electron chi connectivity index (χ4n) is 0.854. The third-order valence-electron chi connectivity index (χ3n) is 1.46. The summed E-state index contributed by atoms with van der Waals surface area (Å²) in [5, 5.41) is 0. The van der Waals surface area contributed by atoms with Crippen LogP contribution in [0.3, 0.4) is 0 Å². The minimum absolute atomic E-state index is 0.932. The fraction of sp³-hybridized carbons (Fsp3) is 0.750. The standard InChI is InChI=1S/C8H15O2P/c1-2-3-4-5-6-7-8-11(9)10/h7-8H,2-6H2,1H3/p+1/b8-7+. The van der Waals surface area contributed by atoms with Crippen molar-refractivity contribution in [2.24, 2.45) is 0 Å². The molecule has 2 nitrogen and oxygen atoms in total. The van der Waals surface area contributed by atoms with Crippen molar-refractivity contribution in [1.82, 2.24) is 0 Å². The van der Waals surface area contributed by atoms with Crippen molar-refractivity contribution in [2.75, 3.05) is 0 Å². The lowest BCUT2D eigenvalue weighted by Gasteiger charge is -1.91. The molecule has 0 aliphatic heterocycles. The van der Waals surface area contributed by atoms with Gasteiger partial charge in [-0.1, -0.05) is 26.2 Å². The average Bonchev–Trinajstić information content (AvgIpc) is 1.96. The van der Waals surface area contributed by atoms with Gasteiger partial charge in [0, 0.05) is 0 Å². The summed E-state index contributed by atoms with van der Waals surface area (Å²) in [4.78, 5) is 8.38. The molecule has 3 heteroatoms. The lowest BCUT2D eigenvalue weighted by Crippen LogP contribution is -1.72. The third-order valence-corrected chi connectivity index (χ3v) is 1.92. The Morgan fingerprint density at radius 3 is 2.64 bits per heavy atom. The van der Waals surface area contributed by atoms with Crippen LogP contribution in [0.15, 0.2) is 11.9 Å². The molecule has 0 aliphatic carbocycles. The second kappa shape index (κ2) is 7.90. The Hall–Kier alpha value is -0.200. The summed E-state index contributed by atoms with van der Waals surface area (Å²) in [6.07, 6.45) is 7.57. The van der Waals surface area contributed by atoms with Gasteiger partial charge in [0.25, 0.3) is 0 Å². The highest BCUT2D eigenvalue weighted by Crippen LogP contribution is 2.15. The van der Waals surface area contributed by atoms with Crippen molar-refractivity contribution in [3.8, 4) is 0 Å². The van der Waals surface area contributed by atoms with Crippen LogP contribution >= 0.6 is 8.03 Å². The molecule has 0 aromatic heterocycles. The van der Waals surface area contributed by atoms with Gasteiger partial charge in [0.2, 0.25) is 0 Å². The van der Waals surface area contributed by atoms with E-state index in [2.05, 4.69) is 6.92 Å². The highest BCUT2D eigenvalue weighted by Gasteiger charge is 1.98. The Kier molecular flexibility index (Phi) is 7.76. The van der Waals surface area contributed by atoms with E-state index in [0.717, 1.165) is 12.8 Å². The van der Waals surface area contributed by atoms with E-state index in [1.165, 1.54) is 25.1 Å². The first-order valence-corrected chi connectivity index (χ1v) is 5.37. The van der Waals surface area contributed by atoms with E-state index in [9.17, 15) is 4.57 Å². The smallest absolute Gasteiger partial charge is 0.157 e. The third kappa shape index (κ3) is 9.80. The summed E-state index contributed by atoms with van der Waals surface area (Å²) in [7, 11) is -2.06. The second-order valence-electron chi connectivity index (χ2n) is 2.54. The van der Waals surface area contributed by atoms with Crippen LogP contribution in [0.4, 0.5) is 0 Å². The van der Waals surface area contributed by atoms with Crippen molar-refractivity contribution in [3.63, 3.8) is 0 Å². The van der Waals surface area contributed by atoms with E-state index in [4.69, 9.17) is 4.89 Å². The van der Waals surface area contributed by atoms with Gasteiger partial charge in [-0.15, -0.1) is 0 Å². The second-order valence-corrected chi connectivity index (χ2v) is 3.44. The molecule has 0 amide bonds. The van der Waals surface area contributed by atoms with E-state index < -0.39 is 8.03 Å². The first kappa shape index (κ1) is 10.8. The quantitative estimate of drug-likeness (QED) is 0.497. The fourth-order valence-corrected chi connectivity index (χ4v) is 1.18. The molecule has 0 rings (SSSR count). The number of hydrogen-bond acceptors (Lipinski definition) is 1. The number of allylic oxidation sites excluding steroid dienone is 1. The molecular weight excluding hydrogens is 159 g/mol. The summed E-state index contributed by atoms with van der Waals surface area (Å²) >= 11 is 0. The van der Waals surface area contributed by atoms with E-state index in [0.29, 0.717) is 0 Å². The van der Waals surface area contributed by atoms with Crippen molar-refractivity contribution in [1.29, 1.82) is 0 Å². The van der Waals surface area contributed by atoms with Crippen LogP contribution < -0.4 is 0 Å². The summed E-state index contributed by atoms with van der Waals surface area (Å²) in [6.45, 7) is 2.17. The van der Waals surface area contributed by atoms with Crippen LogP contribution in [-0.2, 0) is 4.57 Å². The molecule has 11 heavy (non-hydrogen) atoms. The molecule has 1 N–H and O–H groups in total. The first-order chi connectivity index (χ1) is 5.27. The first-order valence-electron chi connectivity index (χ1n) is 4.09. The van der Waals surface area contributed by atoms with Crippen molar-refractivity contribution < 1.29 is 9.46 Å². The Morgan fingerprint density at radius 2 is 2.09 bits per heavy atom. The Balaban J connectivity index is 3.07. The van der Waals surface area contributed by atoms with Gasteiger partial charge < -0.3 is 0 Å². The van der Waals surface area contributed by atoms with Crippen LogP contribution in [0.25, 0.3) is 0 Å². The largest absolute Gasteiger partial charge is 0.537 e. The molecule has 0 aliphatic rings. The SMILES string of the molecule is CCCCCC/C=C/[P+](=O)O. The van der Waals surface area contributed by atoms with E-state index in [1.54, 1.807) is 6.08 Å². The van der Waals surface area contributed by atoms with Gasteiger partial charge in [-0.25, -0.2) is 0 Å². The summed E-state index contributed by atoms with van der Waals surface area (Å²) < 4.78 is 10.1. The van der Waals surface area contributed by atoms with Crippen molar-refractivity contribution in [2.45, 2.75) is 39.0 Å². The highest BCUT2D eigenvalue weighted by atomic mass is 31.1. The lowest BCUT2D eigenvalue weighted by atomic mass is 10.2. The van der Waals surface area contributed by atoms with Gasteiger partial charge >= 0.3 is 8.03 Å².